The normalized spacial score (nSPS) is 13.2. The van der Waals surface area contributed by atoms with Gasteiger partial charge in [0.05, 0.1) is 11.3 Å². The lowest BCUT2D eigenvalue weighted by Gasteiger charge is -2.32. The van der Waals surface area contributed by atoms with Crippen molar-refractivity contribution >= 4 is 44.6 Å². The van der Waals surface area contributed by atoms with Crippen molar-refractivity contribution in [1.29, 1.82) is 0 Å². The topological polar surface area (TPSA) is 40.5 Å². The van der Waals surface area contributed by atoms with E-state index in [9.17, 15) is 9.90 Å². The largest absolute Gasteiger partial charge is 0.478 e. The number of nitrogens with zero attached hydrogens (tertiary/aromatic N) is 1. The highest BCUT2D eigenvalue weighted by Crippen LogP contribution is 2.54. The van der Waals surface area contributed by atoms with Gasteiger partial charge in [-0.25, -0.2) is 4.79 Å². The maximum atomic E-state index is 12.0. The molecule has 0 saturated carbocycles. The SMILES string of the molecule is CCC1(CC)c2ccccc2-c2ccc(N(c3cccc(C(=O)O)c3)c3cccc4cc5ccccc5cc34)cc21. The fraction of sp³-hybridized carbons (Fsp3) is 0.132. The van der Waals surface area contributed by atoms with Gasteiger partial charge in [0.25, 0.3) is 0 Å². The highest BCUT2D eigenvalue weighted by molar-refractivity contribution is 6.06. The number of carboxylic acids is 1. The van der Waals surface area contributed by atoms with Crippen molar-refractivity contribution in [1.82, 2.24) is 0 Å². The molecule has 0 aromatic heterocycles. The van der Waals surface area contributed by atoms with Crippen LogP contribution in [0.1, 0.15) is 48.2 Å². The van der Waals surface area contributed by atoms with E-state index in [0.29, 0.717) is 0 Å². The van der Waals surface area contributed by atoms with Crippen molar-refractivity contribution in [3.8, 4) is 11.1 Å². The van der Waals surface area contributed by atoms with Crippen LogP contribution in [0.5, 0.6) is 0 Å². The van der Waals surface area contributed by atoms with Gasteiger partial charge in [-0.3, -0.25) is 0 Å². The smallest absolute Gasteiger partial charge is 0.335 e. The monoisotopic (exact) mass is 533 g/mol. The summed E-state index contributed by atoms with van der Waals surface area (Å²) in [5.74, 6) is -0.934. The van der Waals surface area contributed by atoms with Crippen LogP contribution in [-0.2, 0) is 5.41 Å². The Bertz CT molecular complexity index is 1970. The predicted octanol–water partition coefficient (Wildman–Crippen LogP) is 10.2. The maximum Gasteiger partial charge on any atom is 0.335 e. The summed E-state index contributed by atoms with van der Waals surface area (Å²) in [5, 5.41) is 14.5. The van der Waals surface area contributed by atoms with Gasteiger partial charge in [0, 0.05) is 22.2 Å². The van der Waals surface area contributed by atoms with Crippen LogP contribution < -0.4 is 4.90 Å². The molecule has 3 heteroatoms. The van der Waals surface area contributed by atoms with Crippen molar-refractivity contribution < 1.29 is 9.90 Å². The molecule has 0 heterocycles. The van der Waals surface area contributed by atoms with Crippen LogP contribution in [0.4, 0.5) is 17.1 Å². The lowest BCUT2D eigenvalue weighted by Crippen LogP contribution is -2.23. The summed E-state index contributed by atoms with van der Waals surface area (Å²) in [7, 11) is 0. The Balaban J connectivity index is 1.51. The zero-order valence-corrected chi connectivity index (χ0v) is 23.3. The van der Waals surface area contributed by atoms with E-state index in [-0.39, 0.29) is 11.0 Å². The third-order valence-corrected chi connectivity index (χ3v) is 9.03. The Hall–Kier alpha value is -4.89. The number of fused-ring (bicyclic) bond motifs is 5. The number of rotatable bonds is 6. The Kier molecular flexibility index (Phi) is 5.90. The minimum Gasteiger partial charge on any atom is -0.478 e. The van der Waals surface area contributed by atoms with Gasteiger partial charge in [-0.05, 0) is 99.8 Å². The zero-order valence-electron chi connectivity index (χ0n) is 23.3. The van der Waals surface area contributed by atoms with Crippen molar-refractivity contribution in [2.24, 2.45) is 0 Å². The van der Waals surface area contributed by atoms with Gasteiger partial charge in [0.15, 0.2) is 0 Å². The van der Waals surface area contributed by atoms with E-state index >= 15 is 0 Å². The molecule has 0 atom stereocenters. The van der Waals surface area contributed by atoms with E-state index < -0.39 is 5.97 Å². The predicted molar refractivity (Wildman–Crippen MR) is 170 cm³/mol. The first-order valence-corrected chi connectivity index (χ1v) is 14.3. The standard InChI is InChI=1S/C38H31NO2/c1-3-38(4-2)34-17-8-7-16-31(34)32-20-19-30(24-35(32)38)39(29-15-9-14-28(22-29)37(40)41)36-18-10-13-27-21-25-11-5-6-12-26(25)23-33(27)36/h5-24H,3-4H2,1-2H3,(H,40,41). The highest BCUT2D eigenvalue weighted by Gasteiger charge is 2.40. The summed E-state index contributed by atoms with van der Waals surface area (Å²) in [6.07, 6.45) is 2.01. The molecule has 0 fully saturated rings. The third kappa shape index (κ3) is 3.84. The number of carboxylic acid groups (broad SMARTS) is 1. The number of aromatic carboxylic acids is 1. The van der Waals surface area contributed by atoms with Crippen molar-refractivity contribution in [2.75, 3.05) is 4.90 Å². The molecule has 3 nitrogen and oxygen atoms in total. The molecule has 0 aliphatic heterocycles. The number of anilines is 3. The Morgan fingerprint density at radius 2 is 1.29 bits per heavy atom. The van der Waals surface area contributed by atoms with Crippen LogP contribution >= 0.6 is 0 Å². The van der Waals surface area contributed by atoms with E-state index in [0.717, 1.165) is 40.7 Å². The summed E-state index contributed by atoms with van der Waals surface area (Å²) in [4.78, 5) is 14.3. The lowest BCUT2D eigenvalue weighted by molar-refractivity contribution is 0.0697. The molecular formula is C38H31NO2. The van der Waals surface area contributed by atoms with E-state index in [1.54, 1.807) is 12.1 Å². The van der Waals surface area contributed by atoms with E-state index in [1.165, 1.54) is 33.0 Å². The molecule has 1 N–H and O–H groups in total. The molecule has 6 aromatic rings. The van der Waals surface area contributed by atoms with Crippen LogP contribution in [0.2, 0.25) is 0 Å². The molecule has 1 aliphatic rings. The van der Waals surface area contributed by atoms with E-state index in [2.05, 4.69) is 116 Å². The summed E-state index contributed by atoms with van der Waals surface area (Å²) in [6.45, 7) is 4.57. The summed E-state index contributed by atoms with van der Waals surface area (Å²) in [5.41, 5.74) is 8.40. The molecule has 0 spiro atoms. The molecular weight excluding hydrogens is 502 g/mol. The van der Waals surface area contributed by atoms with Crippen LogP contribution in [-0.4, -0.2) is 11.1 Å². The molecule has 7 rings (SSSR count). The minimum atomic E-state index is -0.934. The average Bonchev–Trinajstić information content (AvgIpc) is 3.30. The molecule has 0 amide bonds. The molecule has 41 heavy (non-hydrogen) atoms. The molecule has 0 saturated heterocycles. The minimum absolute atomic E-state index is 0.0640. The fourth-order valence-electron chi connectivity index (χ4n) is 6.94. The Labute approximate surface area is 240 Å². The molecule has 0 unspecified atom stereocenters. The summed E-state index contributed by atoms with van der Waals surface area (Å²) in [6, 6.07) is 42.1. The molecule has 6 aromatic carbocycles. The fourth-order valence-corrected chi connectivity index (χ4v) is 6.94. The summed E-state index contributed by atoms with van der Waals surface area (Å²) < 4.78 is 0. The number of benzene rings is 6. The molecule has 0 radical (unpaired) electrons. The van der Waals surface area contributed by atoms with Gasteiger partial charge in [-0.2, -0.15) is 0 Å². The van der Waals surface area contributed by atoms with Crippen LogP contribution in [0.25, 0.3) is 32.7 Å². The Morgan fingerprint density at radius 1 is 0.634 bits per heavy atom. The second-order valence-corrected chi connectivity index (χ2v) is 11.0. The molecule has 200 valence electrons. The second kappa shape index (κ2) is 9.64. The van der Waals surface area contributed by atoms with Gasteiger partial charge in [0.2, 0.25) is 0 Å². The van der Waals surface area contributed by atoms with Gasteiger partial charge < -0.3 is 10.0 Å². The van der Waals surface area contributed by atoms with E-state index in [1.807, 2.05) is 12.1 Å². The Morgan fingerprint density at radius 3 is 2.07 bits per heavy atom. The average molecular weight is 534 g/mol. The third-order valence-electron chi connectivity index (χ3n) is 9.03. The van der Waals surface area contributed by atoms with Gasteiger partial charge in [0.1, 0.15) is 0 Å². The van der Waals surface area contributed by atoms with Crippen molar-refractivity contribution in [3.05, 3.63) is 138 Å². The number of hydrogen-bond acceptors (Lipinski definition) is 2. The van der Waals surface area contributed by atoms with Crippen LogP contribution in [0.3, 0.4) is 0 Å². The van der Waals surface area contributed by atoms with Crippen LogP contribution in [0, 0.1) is 0 Å². The molecule has 0 bridgehead atoms. The quantitative estimate of drug-likeness (QED) is 0.217. The second-order valence-electron chi connectivity index (χ2n) is 11.0. The van der Waals surface area contributed by atoms with Crippen molar-refractivity contribution in [3.63, 3.8) is 0 Å². The highest BCUT2D eigenvalue weighted by atomic mass is 16.4. The van der Waals surface area contributed by atoms with Gasteiger partial charge in [-0.15, -0.1) is 0 Å². The number of carbonyl (C=O) groups is 1. The first kappa shape index (κ1) is 25.1. The molecule has 1 aliphatic carbocycles. The number of hydrogen-bond donors (Lipinski definition) is 1. The first-order chi connectivity index (χ1) is 20.0. The van der Waals surface area contributed by atoms with Gasteiger partial charge >= 0.3 is 5.97 Å². The van der Waals surface area contributed by atoms with Gasteiger partial charge in [-0.1, -0.05) is 86.6 Å². The van der Waals surface area contributed by atoms with Crippen molar-refractivity contribution in [2.45, 2.75) is 32.1 Å². The first-order valence-electron chi connectivity index (χ1n) is 14.3. The van der Waals surface area contributed by atoms with E-state index in [4.69, 9.17) is 0 Å². The lowest BCUT2D eigenvalue weighted by atomic mass is 9.74. The summed E-state index contributed by atoms with van der Waals surface area (Å²) >= 11 is 0. The zero-order chi connectivity index (χ0) is 28.1. The van der Waals surface area contributed by atoms with Crippen LogP contribution in [0.15, 0.2) is 121 Å². The maximum absolute atomic E-state index is 12.0.